The van der Waals surface area contributed by atoms with Gasteiger partial charge >= 0.3 is 0 Å². The minimum absolute atomic E-state index is 0.467. The first-order chi connectivity index (χ1) is 8.67. The summed E-state index contributed by atoms with van der Waals surface area (Å²) in [6.45, 7) is 8.56. The van der Waals surface area contributed by atoms with Crippen LogP contribution in [0.2, 0.25) is 0 Å². The van der Waals surface area contributed by atoms with Crippen LogP contribution < -0.4 is 11.1 Å². The Hall–Kier alpha value is -0.160. The van der Waals surface area contributed by atoms with E-state index in [0.29, 0.717) is 18.1 Å². The first-order valence-corrected chi connectivity index (χ1v) is 7.36. The van der Waals surface area contributed by atoms with Gasteiger partial charge in [0.1, 0.15) is 0 Å². The summed E-state index contributed by atoms with van der Waals surface area (Å²) in [5, 5.41) is 3.74. The molecule has 1 aliphatic heterocycles. The van der Waals surface area contributed by atoms with Crippen molar-refractivity contribution in [2.24, 2.45) is 5.73 Å². The fourth-order valence-corrected chi connectivity index (χ4v) is 2.70. The lowest BCUT2D eigenvalue weighted by molar-refractivity contribution is 0.127. The van der Waals surface area contributed by atoms with Gasteiger partial charge in [0.15, 0.2) is 0 Å². The van der Waals surface area contributed by atoms with E-state index in [1.54, 1.807) is 7.11 Å². The molecular formula is C14H31N3O. The van der Waals surface area contributed by atoms with Crippen molar-refractivity contribution < 1.29 is 4.74 Å². The van der Waals surface area contributed by atoms with E-state index >= 15 is 0 Å². The zero-order chi connectivity index (χ0) is 13.4. The van der Waals surface area contributed by atoms with Crippen LogP contribution in [0.1, 0.15) is 39.5 Å². The number of nitrogens with zero attached hydrogens (tertiary/aromatic N) is 1. The van der Waals surface area contributed by atoms with Gasteiger partial charge in [-0.1, -0.05) is 0 Å². The van der Waals surface area contributed by atoms with Gasteiger partial charge in [0.05, 0.1) is 6.61 Å². The second-order valence-electron chi connectivity index (χ2n) is 5.65. The predicted molar refractivity (Wildman–Crippen MR) is 76.8 cm³/mol. The Balaban J connectivity index is 2.27. The molecule has 3 N–H and O–H groups in total. The minimum atomic E-state index is 0.467. The number of nitrogens with one attached hydrogen (secondary N) is 1. The molecule has 0 aliphatic carbocycles. The normalized spacial score (nSPS) is 20.5. The minimum Gasteiger partial charge on any atom is -0.383 e. The maximum Gasteiger partial charge on any atom is 0.0615 e. The molecule has 1 atom stereocenters. The summed E-state index contributed by atoms with van der Waals surface area (Å²) in [6.07, 6.45) is 4.70. The largest absolute Gasteiger partial charge is 0.383 e. The molecule has 4 heteroatoms. The number of rotatable bonds is 8. The Morgan fingerprint density at radius 3 is 2.50 bits per heavy atom. The van der Waals surface area contributed by atoms with Crippen LogP contribution in [0.3, 0.4) is 0 Å². The van der Waals surface area contributed by atoms with E-state index in [2.05, 4.69) is 24.1 Å². The topological polar surface area (TPSA) is 50.5 Å². The molecule has 0 saturated carbocycles. The molecular weight excluding hydrogens is 226 g/mol. The van der Waals surface area contributed by atoms with Gasteiger partial charge in [0.2, 0.25) is 0 Å². The Kier molecular flexibility index (Phi) is 7.82. The lowest BCUT2D eigenvalue weighted by Gasteiger charge is -2.36. The van der Waals surface area contributed by atoms with Crippen LogP contribution >= 0.6 is 0 Å². The Labute approximate surface area is 112 Å². The Morgan fingerprint density at radius 1 is 1.33 bits per heavy atom. The summed E-state index contributed by atoms with van der Waals surface area (Å²) in [6, 6.07) is 1.80. The first kappa shape index (κ1) is 15.9. The summed E-state index contributed by atoms with van der Waals surface area (Å²) < 4.78 is 5.29. The lowest BCUT2D eigenvalue weighted by Crippen LogP contribution is -2.49. The highest BCUT2D eigenvalue weighted by Gasteiger charge is 2.22. The molecule has 1 unspecified atom stereocenters. The van der Waals surface area contributed by atoms with Gasteiger partial charge in [-0.3, -0.25) is 0 Å². The fourth-order valence-electron chi connectivity index (χ4n) is 2.70. The highest BCUT2D eigenvalue weighted by Crippen LogP contribution is 2.14. The number of nitrogens with two attached hydrogens (primary N) is 1. The third kappa shape index (κ3) is 5.65. The molecule has 108 valence electrons. The van der Waals surface area contributed by atoms with Crippen LogP contribution in [0.25, 0.3) is 0 Å². The van der Waals surface area contributed by atoms with Gasteiger partial charge in [-0.2, -0.15) is 0 Å². The standard InChI is InChI=1S/C14H31N3O/c1-12(2)17-9-6-13(7-10-17)16-14(11-18-3)5-4-8-15/h12-14,16H,4-11,15H2,1-3H3. The van der Waals surface area contributed by atoms with E-state index in [9.17, 15) is 0 Å². The van der Waals surface area contributed by atoms with Gasteiger partial charge in [-0.25, -0.2) is 0 Å². The fraction of sp³-hybridized carbons (Fsp3) is 1.00. The second kappa shape index (κ2) is 8.86. The third-order valence-electron chi connectivity index (χ3n) is 3.86. The van der Waals surface area contributed by atoms with Crippen LogP contribution in [0.15, 0.2) is 0 Å². The van der Waals surface area contributed by atoms with Crippen molar-refractivity contribution in [1.29, 1.82) is 0 Å². The lowest BCUT2D eigenvalue weighted by atomic mass is 10.0. The van der Waals surface area contributed by atoms with Gasteiger partial charge in [0.25, 0.3) is 0 Å². The molecule has 0 aromatic rings. The molecule has 0 spiro atoms. The van der Waals surface area contributed by atoms with Crippen molar-refractivity contribution in [2.75, 3.05) is 33.4 Å². The average molecular weight is 257 g/mol. The molecule has 4 nitrogen and oxygen atoms in total. The smallest absolute Gasteiger partial charge is 0.0615 e. The molecule has 18 heavy (non-hydrogen) atoms. The van der Waals surface area contributed by atoms with Gasteiger partial charge in [-0.15, -0.1) is 0 Å². The molecule has 1 rings (SSSR count). The monoisotopic (exact) mass is 257 g/mol. The van der Waals surface area contributed by atoms with Crippen molar-refractivity contribution >= 4 is 0 Å². The van der Waals surface area contributed by atoms with Crippen molar-refractivity contribution in [3.63, 3.8) is 0 Å². The molecule has 0 amide bonds. The molecule has 1 heterocycles. The zero-order valence-electron chi connectivity index (χ0n) is 12.3. The van der Waals surface area contributed by atoms with E-state index in [0.717, 1.165) is 26.0 Å². The highest BCUT2D eigenvalue weighted by atomic mass is 16.5. The molecule has 1 saturated heterocycles. The first-order valence-electron chi connectivity index (χ1n) is 7.36. The van der Waals surface area contributed by atoms with Gasteiger partial charge < -0.3 is 20.7 Å². The molecule has 1 aliphatic rings. The molecule has 0 aromatic carbocycles. The summed E-state index contributed by atoms with van der Waals surface area (Å²) in [7, 11) is 1.78. The van der Waals surface area contributed by atoms with E-state index in [-0.39, 0.29) is 0 Å². The number of piperidine rings is 1. The number of likely N-dealkylation sites (tertiary alicyclic amines) is 1. The van der Waals surface area contributed by atoms with Gasteiger partial charge in [0, 0.05) is 25.2 Å². The van der Waals surface area contributed by atoms with Crippen LogP contribution in [-0.4, -0.2) is 56.4 Å². The molecule has 1 fully saturated rings. The highest BCUT2D eigenvalue weighted by molar-refractivity contribution is 4.81. The zero-order valence-corrected chi connectivity index (χ0v) is 12.3. The average Bonchev–Trinajstić information content (AvgIpc) is 2.37. The van der Waals surface area contributed by atoms with Crippen LogP contribution in [0.5, 0.6) is 0 Å². The van der Waals surface area contributed by atoms with E-state index in [4.69, 9.17) is 10.5 Å². The van der Waals surface area contributed by atoms with Crippen molar-refractivity contribution in [3.05, 3.63) is 0 Å². The summed E-state index contributed by atoms with van der Waals surface area (Å²) in [5.74, 6) is 0. The number of hydrogen-bond acceptors (Lipinski definition) is 4. The molecule has 0 aromatic heterocycles. The van der Waals surface area contributed by atoms with Crippen LogP contribution in [0.4, 0.5) is 0 Å². The van der Waals surface area contributed by atoms with Crippen LogP contribution in [0, 0.1) is 0 Å². The van der Waals surface area contributed by atoms with E-state index in [1.807, 2.05) is 0 Å². The Morgan fingerprint density at radius 2 is 2.00 bits per heavy atom. The van der Waals surface area contributed by atoms with Crippen molar-refractivity contribution in [1.82, 2.24) is 10.2 Å². The van der Waals surface area contributed by atoms with Crippen molar-refractivity contribution in [2.45, 2.75) is 57.7 Å². The van der Waals surface area contributed by atoms with E-state index < -0.39 is 0 Å². The van der Waals surface area contributed by atoms with Gasteiger partial charge in [-0.05, 0) is 59.2 Å². The summed E-state index contributed by atoms with van der Waals surface area (Å²) in [4.78, 5) is 2.56. The van der Waals surface area contributed by atoms with E-state index in [1.165, 1.54) is 25.9 Å². The molecule has 0 radical (unpaired) electrons. The second-order valence-corrected chi connectivity index (χ2v) is 5.65. The molecule has 0 bridgehead atoms. The Bertz CT molecular complexity index is 203. The number of ether oxygens (including phenoxy) is 1. The number of hydrogen-bond donors (Lipinski definition) is 2. The summed E-state index contributed by atoms with van der Waals surface area (Å²) in [5.41, 5.74) is 5.58. The maximum atomic E-state index is 5.58. The van der Waals surface area contributed by atoms with Crippen LogP contribution in [-0.2, 0) is 4.74 Å². The SMILES string of the molecule is COCC(CCCN)NC1CCN(C(C)C)CC1. The maximum absolute atomic E-state index is 5.58. The summed E-state index contributed by atoms with van der Waals surface area (Å²) >= 11 is 0. The van der Waals surface area contributed by atoms with Crippen molar-refractivity contribution in [3.8, 4) is 0 Å². The quantitative estimate of drug-likeness (QED) is 0.686. The number of methoxy groups -OCH3 is 1. The third-order valence-corrected chi connectivity index (χ3v) is 3.86. The predicted octanol–water partition coefficient (Wildman–Crippen LogP) is 1.20.